The van der Waals surface area contributed by atoms with Crippen molar-refractivity contribution in [3.63, 3.8) is 0 Å². The standard InChI is InChI=1S/C13H19FN2O4S/c1-5-9(2)8-15(4)21(19,20)13-7-12(16(17)18)11(14)6-10(13)3/h6-7,9H,5,8H2,1-4H3. The van der Waals surface area contributed by atoms with Crippen LogP contribution in [0.3, 0.4) is 0 Å². The van der Waals surface area contributed by atoms with E-state index in [9.17, 15) is 22.9 Å². The summed E-state index contributed by atoms with van der Waals surface area (Å²) in [5.74, 6) is -0.887. The first-order valence-electron chi connectivity index (χ1n) is 6.52. The molecule has 0 aliphatic carbocycles. The van der Waals surface area contributed by atoms with Gasteiger partial charge in [0.05, 0.1) is 9.82 Å². The second kappa shape index (κ2) is 6.48. The van der Waals surface area contributed by atoms with Crippen LogP contribution in [0.2, 0.25) is 0 Å². The van der Waals surface area contributed by atoms with Crippen molar-refractivity contribution in [1.82, 2.24) is 4.31 Å². The van der Waals surface area contributed by atoms with Crippen LogP contribution in [0, 0.1) is 28.8 Å². The van der Waals surface area contributed by atoms with Gasteiger partial charge in [-0.1, -0.05) is 20.3 Å². The summed E-state index contributed by atoms with van der Waals surface area (Å²) < 4.78 is 39.6. The molecule has 1 aromatic carbocycles. The van der Waals surface area contributed by atoms with E-state index in [0.717, 1.165) is 22.9 Å². The van der Waals surface area contributed by atoms with E-state index in [2.05, 4.69) is 0 Å². The molecule has 1 atom stereocenters. The lowest BCUT2D eigenvalue weighted by Gasteiger charge is -2.21. The van der Waals surface area contributed by atoms with E-state index in [4.69, 9.17) is 0 Å². The molecular formula is C13H19FN2O4S. The summed E-state index contributed by atoms with van der Waals surface area (Å²) in [6.45, 7) is 5.56. The van der Waals surface area contributed by atoms with Crippen LogP contribution in [0.4, 0.5) is 10.1 Å². The Morgan fingerprint density at radius 2 is 2.00 bits per heavy atom. The lowest BCUT2D eigenvalue weighted by molar-refractivity contribution is -0.387. The van der Waals surface area contributed by atoms with E-state index in [0.29, 0.717) is 6.54 Å². The number of aryl methyl sites for hydroxylation is 1. The van der Waals surface area contributed by atoms with Crippen molar-refractivity contribution in [2.45, 2.75) is 32.1 Å². The van der Waals surface area contributed by atoms with Gasteiger partial charge in [-0.3, -0.25) is 10.1 Å². The summed E-state index contributed by atoms with van der Waals surface area (Å²) in [4.78, 5) is 9.60. The van der Waals surface area contributed by atoms with Crippen LogP contribution in [0.15, 0.2) is 17.0 Å². The van der Waals surface area contributed by atoms with Crippen molar-refractivity contribution in [1.29, 1.82) is 0 Å². The highest BCUT2D eigenvalue weighted by atomic mass is 32.2. The highest BCUT2D eigenvalue weighted by molar-refractivity contribution is 7.89. The van der Waals surface area contributed by atoms with Gasteiger partial charge in [0.15, 0.2) is 0 Å². The summed E-state index contributed by atoms with van der Waals surface area (Å²) in [6.07, 6.45) is 0.808. The molecule has 21 heavy (non-hydrogen) atoms. The highest BCUT2D eigenvalue weighted by Gasteiger charge is 2.28. The Balaban J connectivity index is 3.31. The number of sulfonamides is 1. The molecule has 0 spiro atoms. The van der Waals surface area contributed by atoms with Gasteiger partial charge in [-0.15, -0.1) is 0 Å². The van der Waals surface area contributed by atoms with Crippen molar-refractivity contribution in [2.75, 3.05) is 13.6 Å². The second-order valence-electron chi connectivity index (χ2n) is 5.13. The number of hydrogen-bond acceptors (Lipinski definition) is 4. The number of benzene rings is 1. The minimum absolute atomic E-state index is 0.147. The zero-order chi connectivity index (χ0) is 16.4. The average molecular weight is 318 g/mol. The van der Waals surface area contributed by atoms with E-state index in [1.54, 1.807) is 0 Å². The van der Waals surface area contributed by atoms with Crippen LogP contribution in [0.25, 0.3) is 0 Å². The third-order valence-electron chi connectivity index (χ3n) is 3.40. The largest absolute Gasteiger partial charge is 0.306 e. The first kappa shape index (κ1) is 17.5. The van der Waals surface area contributed by atoms with Gasteiger partial charge in [0.2, 0.25) is 15.8 Å². The maximum absolute atomic E-state index is 13.5. The van der Waals surface area contributed by atoms with Crippen LogP contribution in [0.1, 0.15) is 25.8 Å². The number of rotatable bonds is 6. The summed E-state index contributed by atoms with van der Waals surface area (Å²) in [5, 5.41) is 10.8. The Labute approximate surface area is 123 Å². The molecule has 1 unspecified atom stereocenters. The third kappa shape index (κ3) is 3.76. The van der Waals surface area contributed by atoms with Crippen LogP contribution in [0.5, 0.6) is 0 Å². The predicted molar refractivity (Wildman–Crippen MR) is 77.1 cm³/mol. The molecule has 0 saturated heterocycles. The molecule has 0 amide bonds. The minimum Gasteiger partial charge on any atom is -0.258 e. The SMILES string of the molecule is CCC(C)CN(C)S(=O)(=O)c1cc([N+](=O)[O-])c(F)cc1C. The fourth-order valence-corrected chi connectivity index (χ4v) is 3.41. The molecule has 8 heteroatoms. The Kier molecular flexibility index (Phi) is 5.41. The van der Waals surface area contributed by atoms with Crippen molar-refractivity contribution in [2.24, 2.45) is 5.92 Å². The number of halogens is 1. The predicted octanol–water partition coefficient (Wildman–Crippen LogP) is 2.71. The van der Waals surface area contributed by atoms with Gasteiger partial charge in [0.1, 0.15) is 0 Å². The van der Waals surface area contributed by atoms with Crippen molar-refractivity contribution < 1.29 is 17.7 Å². The lowest BCUT2D eigenvalue weighted by Crippen LogP contribution is -2.31. The molecule has 0 N–H and O–H groups in total. The molecule has 1 aromatic rings. The highest BCUT2D eigenvalue weighted by Crippen LogP contribution is 2.27. The third-order valence-corrected chi connectivity index (χ3v) is 5.36. The van der Waals surface area contributed by atoms with Gasteiger partial charge in [0.25, 0.3) is 0 Å². The van der Waals surface area contributed by atoms with Gasteiger partial charge < -0.3 is 0 Å². The molecule has 0 aliphatic heterocycles. The van der Waals surface area contributed by atoms with Gasteiger partial charge in [-0.25, -0.2) is 12.7 Å². The maximum atomic E-state index is 13.5. The van der Waals surface area contributed by atoms with Crippen molar-refractivity contribution >= 4 is 15.7 Å². The second-order valence-corrected chi connectivity index (χ2v) is 7.14. The van der Waals surface area contributed by atoms with Gasteiger partial charge in [-0.2, -0.15) is 4.39 Å². The Bertz CT molecular complexity index is 646. The fraction of sp³-hybridized carbons (Fsp3) is 0.538. The molecule has 0 fully saturated rings. The quantitative estimate of drug-likeness (QED) is 0.596. The number of nitro benzene ring substituents is 1. The van der Waals surface area contributed by atoms with Crippen LogP contribution >= 0.6 is 0 Å². The Hall–Kier alpha value is -1.54. The molecular weight excluding hydrogens is 299 g/mol. The summed E-state index contributed by atoms with van der Waals surface area (Å²) >= 11 is 0. The van der Waals surface area contributed by atoms with Crippen molar-refractivity contribution in [3.8, 4) is 0 Å². The lowest BCUT2D eigenvalue weighted by atomic mass is 10.1. The minimum atomic E-state index is -3.89. The van der Waals surface area contributed by atoms with Gasteiger partial charge in [0, 0.05) is 19.7 Å². The Morgan fingerprint density at radius 3 is 2.48 bits per heavy atom. The molecule has 0 aromatic heterocycles. The van der Waals surface area contributed by atoms with E-state index in [1.807, 2.05) is 13.8 Å². The smallest absolute Gasteiger partial charge is 0.258 e. The molecule has 0 bridgehead atoms. The topological polar surface area (TPSA) is 80.5 Å². The fourth-order valence-electron chi connectivity index (χ4n) is 1.89. The normalized spacial score (nSPS) is 13.4. The molecule has 0 radical (unpaired) electrons. The number of nitrogens with zero attached hydrogens (tertiary/aromatic N) is 2. The molecule has 1 rings (SSSR count). The average Bonchev–Trinajstić information content (AvgIpc) is 2.37. The zero-order valence-corrected chi connectivity index (χ0v) is 13.3. The van der Waals surface area contributed by atoms with Gasteiger partial charge >= 0.3 is 5.69 Å². The van der Waals surface area contributed by atoms with E-state index in [1.165, 1.54) is 14.0 Å². The first-order valence-corrected chi connectivity index (χ1v) is 7.96. The van der Waals surface area contributed by atoms with Crippen LogP contribution < -0.4 is 0 Å². The summed E-state index contributed by atoms with van der Waals surface area (Å²) in [7, 11) is -2.47. The first-order chi connectivity index (χ1) is 9.61. The zero-order valence-electron chi connectivity index (χ0n) is 12.5. The molecule has 0 aliphatic rings. The number of hydrogen-bond donors (Lipinski definition) is 0. The van der Waals surface area contributed by atoms with Crippen molar-refractivity contribution in [3.05, 3.63) is 33.6 Å². The monoisotopic (exact) mass is 318 g/mol. The summed E-state index contributed by atoms with van der Waals surface area (Å²) in [6, 6.07) is 1.66. The van der Waals surface area contributed by atoms with E-state index < -0.39 is 26.5 Å². The molecule has 6 nitrogen and oxygen atoms in total. The molecule has 0 saturated carbocycles. The van der Waals surface area contributed by atoms with Gasteiger partial charge in [-0.05, 0) is 24.5 Å². The van der Waals surface area contributed by atoms with Crippen LogP contribution in [-0.2, 0) is 10.0 Å². The maximum Gasteiger partial charge on any atom is 0.306 e. The van der Waals surface area contributed by atoms with E-state index >= 15 is 0 Å². The van der Waals surface area contributed by atoms with E-state index in [-0.39, 0.29) is 16.4 Å². The number of nitro groups is 1. The molecule has 118 valence electrons. The Morgan fingerprint density at radius 1 is 1.43 bits per heavy atom. The van der Waals surface area contributed by atoms with Crippen LogP contribution in [-0.4, -0.2) is 31.2 Å². The summed E-state index contributed by atoms with van der Waals surface area (Å²) in [5.41, 5.74) is -0.690. The molecule has 0 heterocycles.